The van der Waals surface area contributed by atoms with Crippen LogP contribution in [0.5, 0.6) is 5.75 Å². The fourth-order valence-electron chi connectivity index (χ4n) is 2.36. The molecule has 100 valence electrons. The fraction of sp³-hybridized carbons (Fsp3) is 0.333. The second-order valence-corrected chi connectivity index (χ2v) is 7.58. The minimum atomic E-state index is -0.357. The molecule has 3 rings (SSSR count). The van der Waals surface area contributed by atoms with Gasteiger partial charge in [-0.3, -0.25) is 0 Å². The molecule has 1 unspecified atom stereocenters. The summed E-state index contributed by atoms with van der Waals surface area (Å²) in [6, 6.07) is 8.44. The number of hydrogen-bond acceptors (Lipinski definition) is 3. The Bertz CT molecular complexity index is 579. The van der Waals surface area contributed by atoms with Crippen molar-refractivity contribution < 1.29 is 9.84 Å². The highest BCUT2D eigenvalue weighted by atomic mass is 127. The summed E-state index contributed by atoms with van der Waals surface area (Å²) in [6.07, 6.45) is 2.33. The molecular formula is C15H15IO2S. The summed E-state index contributed by atoms with van der Waals surface area (Å²) < 4.78 is 6.73. The number of ether oxygens (including phenoxy) is 1. The van der Waals surface area contributed by atoms with Gasteiger partial charge < -0.3 is 9.84 Å². The molecule has 0 amide bonds. The number of aliphatic hydroxyl groups excluding tert-OH is 1. The molecule has 0 spiro atoms. The molecule has 1 aliphatic rings. The Kier molecular flexibility index (Phi) is 4.10. The van der Waals surface area contributed by atoms with E-state index in [0.29, 0.717) is 0 Å². The molecule has 1 aromatic heterocycles. The molecule has 1 atom stereocenters. The van der Waals surface area contributed by atoms with Crippen LogP contribution in [-0.4, -0.2) is 11.7 Å². The Morgan fingerprint density at radius 2 is 2.26 bits per heavy atom. The molecule has 2 aromatic rings. The van der Waals surface area contributed by atoms with Crippen molar-refractivity contribution in [3.05, 3.63) is 49.2 Å². The smallest absolute Gasteiger partial charge is 0.122 e. The third kappa shape index (κ3) is 3.12. The highest BCUT2D eigenvalue weighted by Gasteiger charge is 2.13. The van der Waals surface area contributed by atoms with Crippen molar-refractivity contribution in [3.8, 4) is 5.75 Å². The minimum absolute atomic E-state index is 0.357. The lowest BCUT2D eigenvalue weighted by atomic mass is 10.0. The predicted octanol–water partition coefficient (Wildman–Crippen LogP) is 3.95. The van der Waals surface area contributed by atoms with Gasteiger partial charge in [0, 0.05) is 6.42 Å². The monoisotopic (exact) mass is 386 g/mol. The van der Waals surface area contributed by atoms with Crippen molar-refractivity contribution >= 4 is 33.9 Å². The van der Waals surface area contributed by atoms with Crippen molar-refractivity contribution in [2.24, 2.45) is 0 Å². The summed E-state index contributed by atoms with van der Waals surface area (Å²) in [6.45, 7) is 0.800. The first kappa shape index (κ1) is 13.4. The number of aryl methyl sites for hydroxylation is 1. The largest absolute Gasteiger partial charge is 0.493 e. The van der Waals surface area contributed by atoms with E-state index in [2.05, 4.69) is 46.9 Å². The van der Waals surface area contributed by atoms with Crippen LogP contribution in [-0.2, 0) is 12.8 Å². The minimum Gasteiger partial charge on any atom is -0.493 e. The number of halogens is 1. The zero-order valence-electron chi connectivity index (χ0n) is 10.4. The zero-order valence-corrected chi connectivity index (χ0v) is 13.4. The van der Waals surface area contributed by atoms with Crippen LogP contribution < -0.4 is 4.74 Å². The van der Waals surface area contributed by atoms with Crippen molar-refractivity contribution in [3.63, 3.8) is 0 Å². The van der Waals surface area contributed by atoms with E-state index in [0.717, 1.165) is 37.2 Å². The molecule has 0 saturated heterocycles. The summed E-state index contributed by atoms with van der Waals surface area (Å²) in [5.74, 6) is 1.02. The van der Waals surface area contributed by atoms with Gasteiger partial charge in [0.25, 0.3) is 0 Å². The number of rotatable bonds is 4. The van der Waals surface area contributed by atoms with Crippen LogP contribution in [0.25, 0.3) is 0 Å². The highest BCUT2D eigenvalue weighted by molar-refractivity contribution is 14.1. The quantitative estimate of drug-likeness (QED) is 0.807. The summed E-state index contributed by atoms with van der Waals surface area (Å²) in [4.78, 5) is 0. The second-order valence-electron chi connectivity index (χ2n) is 4.78. The van der Waals surface area contributed by atoms with E-state index in [1.807, 2.05) is 5.38 Å². The van der Waals surface area contributed by atoms with E-state index >= 15 is 0 Å². The average Bonchev–Trinajstić information content (AvgIpc) is 3.03. The van der Waals surface area contributed by atoms with Crippen molar-refractivity contribution in [2.75, 3.05) is 6.61 Å². The molecule has 0 aliphatic carbocycles. The van der Waals surface area contributed by atoms with Crippen molar-refractivity contribution in [1.29, 1.82) is 0 Å². The Hall–Kier alpha value is -0.590. The first-order valence-corrected chi connectivity index (χ1v) is 8.35. The first-order chi connectivity index (χ1) is 9.22. The lowest BCUT2D eigenvalue weighted by molar-refractivity contribution is 0.168. The van der Waals surface area contributed by atoms with E-state index in [1.165, 1.54) is 14.0 Å². The van der Waals surface area contributed by atoms with Crippen LogP contribution in [0.2, 0.25) is 0 Å². The zero-order chi connectivity index (χ0) is 13.2. The van der Waals surface area contributed by atoms with Crippen LogP contribution in [0.4, 0.5) is 0 Å². The van der Waals surface area contributed by atoms with Gasteiger partial charge in [0.15, 0.2) is 0 Å². The Balaban J connectivity index is 1.63. The van der Waals surface area contributed by atoms with Crippen LogP contribution in [0.1, 0.15) is 29.2 Å². The molecular weight excluding hydrogens is 371 g/mol. The molecule has 0 fully saturated rings. The number of fused-ring (bicyclic) bond motifs is 1. The van der Waals surface area contributed by atoms with Crippen LogP contribution >= 0.6 is 33.9 Å². The van der Waals surface area contributed by atoms with Gasteiger partial charge in [-0.15, -0.1) is 11.3 Å². The standard InChI is InChI=1S/C15H15IO2S/c16-15-8-12(9-19-15)13(17)3-1-10-2-4-14-11(7-10)5-6-18-14/h2,4,7-9,13,17H,1,3,5-6H2. The number of aliphatic hydroxyl groups is 1. The predicted molar refractivity (Wildman–Crippen MR) is 86.0 cm³/mol. The number of hydrogen-bond donors (Lipinski definition) is 1. The Labute approximate surface area is 130 Å². The molecule has 1 aromatic carbocycles. The number of benzene rings is 1. The molecule has 2 nitrogen and oxygen atoms in total. The van der Waals surface area contributed by atoms with Gasteiger partial charge in [-0.2, -0.15) is 0 Å². The molecule has 0 saturated carbocycles. The topological polar surface area (TPSA) is 29.5 Å². The molecule has 2 heterocycles. The lowest BCUT2D eigenvalue weighted by Crippen LogP contribution is -1.98. The van der Waals surface area contributed by atoms with Gasteiger partial charge in [-0.05, 0) is 69.6 Å². The summed E-state index contributed by atoms with van der Waals surface area (Å²) >= 11 is 3.97. The molecule has 1 N–H and O–H groups in total. The first-order valence-electron chi connectivity index (χ1n) is 6.39. The van der Waals surface area contributed by atoms with Gasteiger partial charge in [-0.1, -0.05) is 12.1 Å². The average molecular weight is 386 g/mol. The van der Waals surface area contributed by atoms with Crippen molar-refractivity contribution in [2.45, 2.75) is 25.4 Å². The Morgan fingerprint density at radius 3 is 3.05 bits per heavy atom. The maximum atomic E-state index is 10.2. The molecule has 4 heteroatoms. The van der Waals surface area contributed by atoms with E-state index in [1.54, 1.807) is 11.3 Å². The normalized spacial score (nSPS) is 15.1. The summed E-state index contributed by atoms with van der Waals surface area (Å²) in [5, 5.41) is 12.2. The summed E-state index contributed by atoms with van der Waals surface area (Å²) in [5.41, 5.74) is 3.63. The van der Waals surface area contributed by atoms with Gasteiger partial charge in [0.2, 0.25) is 0 Å². The van der Waals surface area contributed by atoms with E-state index in [9.17, 15) is 5.11 Å². The number of thiophene rings is 1. The molecule has 19 heavy (non-hydrogen) atoms. The molecule has 0 radical (unpaired) electrons. The molecule has 1 aliphatic heterocycles. The second kappa shape index (κ2) is 5.81. The van der Waals surface area contributed by atoms with Gasteiger partial charge in [-0.25, -0.2) is 0 Å². The fourth-order valence-corrected chi connectivity index (χ4v) is 3.78. The third-order valence-electron chi connectivity index (χ3n) is 3.43. The maximum Gasteiger partial charge on any atom is 0.122 e. The maximum absolute atomic E-state index is 10.2. The van der Waals surface area contributed by atoms with E-state index in [4.69, 9.17) is 4.74 Å². The van der Waals surface area contributed by atoms with Gasteiger partial charge in [0.1, 0.15) is 5.75 Å². The Morgan fingerprint density at radius 1 is 1.37 bits per heavy atom. The lowest BCUT2D eigenvalue weighted by Gasteiger charge is -2.09. The summed E-state index contributed by atoms with van der Waals surface area (Å²) in [7, 11) is 0. The SMILES string of the molecule is OC(CCc1ccc2c(c1)CCO2)c1csc(I)c1. The third-order valence-corrected chi connectivity index (χ3v) is 5.24. The van der Waals surface area contributed by atoms with E-state index in [-0.39, 0.29) is 6.10 Å². The van der Waals surface area contributed by atoms with E-state index < -0.39 is 0 Å². The van der Waals surface area contributed by atoms with Crippen LogP contribution in [0.15, 0.2) is 29.6 Å². The van der Waals surface area contributed by atoms with Crippen LogP contribution in [0.3, 0.4) is 0 Å². The van der Waals surface area contributed by atoms with Crippen LogP contribution in [0, 0.1) is 2.88 Å². The molecule has 0 bridgehead atoms. The highest BCUT2D eigenvalue weighted by Crippen LogP contribution is 2.28. The van der Waals surface area contributed by atoms with Crippen molar-refractivity contribution in [1.82, 2.24) is 0 Å². The van der Waals surface area contributed by atoms with Gasteiger partial charge in [0.05, 0.1) is 15.6 Å². The van der Waals surface area contributed by atoms with Gasteiger partial charge >= 0.3 is 0 Å².